The Morgan fingerprint density at radius 2 is 2.07 bits per heavy atom. The number of methoxy groups -OCH3 is 1. The van der Waals surface area contributed by atoms with Gasteiger partial charge in [-0.3, -0.25) is 9.89 Å². The third kappa shape index (κ3) is 3.60. The minimum atomic E-state index is -0.118. The number of aromatic amines is 1. The van der Waals surface area contributed by atoms with Gasteiger partial charge in [0.25, 0.3) is 5.91 Å². The van der Waals surface area contributed by atoms with Crippen molar-refractivity contribution in [2.75, 3.05) is 7.11 Å². The van der Waals surface area contributed by atoms with E-state index < -0.39 is 0 Å². The highest BCUT2D eigenvalue weighted by molar-refractivity contribution is 6.05. The van der Waals surface area contributed by atoms with Crippen LogP contribution in [-0.4, -0.2) is 29.3 Å². The van der Waals surface area contributed by atoms with Crippen molar-refractivity contribution in [2.24, 2.45) is 0 Å². The zero-order chi connectivity index (χ0) is 19.5. The first-order valence-electron chi connectivity index (χ1n) is 9.16. The summed E-state index contributed by atoms with van der Waals surface area (Å²) >= 11 is 0. The molecular weight excluding hydrogens is 352 g/mol. The molecule has 0 radical (unpaired) electrons. The van der Waals surface area contributed by atoms with Gasteiger partial charge >= 0.3 is 0 Å². The van der Waals surface area contributed by atoms with Crippen LogP contribution in [0.15, 0.2) is 36.4 Å². The number of carbonyl (C=O) groups is 1. The summed E-state index contributed by atoms with van der Waals surface area (Å²) in [6.45, 7) is 7.32. The van der Waals surface area contributed by atoms with Gasteiger partial charge in [0.2, 0.25) is 6.54 Å². The number of ether oxygens (including phenoxy) is 1. The number of nitrogens with zero attached hydrogens (tertiary/aromatic N) is 2. The molecule has 0 saturated heterocycles. The average molecular weight is 372 g/mol. The number of hydrogen-bond donors (Lipinski definition) is 2. The molecule has 0 aliphatic heterocycles. The molecule has 0 bridgehead atoms. The molecule has 0 unspecified atom stereocenters. The van der Waals surface area contributed by atoms with E-state index in [2.05, 4.69) is 20.4 Å². The Bertz CT molecular complexity index is 1090. The zero-order valence-electron chi connectivity index (χ0n) is 15.5. The molecule has 1 heterocycles. The summed E-state index contributed by atoms with van der Waals surface area (Å²) in [5.41, 5.74) is 4.03. The molecule has 0 spiro atoms. The Labute approximate surface area is 163 Å². The lowest BCUT2D eigenvalue weighted by Gasteiger charge is -2.10. The minimum absolute atomic E-state index is 0.118. The lowest BCUT2D eigenvalue weighted by atomic mass is 10.1. The van der Waals surface area contributed by atoms with Crippen LogP contribution >= 0.6 is 0 Å². The van der Waals surface area contributed by atoms with Crippen molar-refractivity contribution in [2.45, 2.75) is 25.4 Å². The monoisotopic (exact) mass is 372 g/mol. The Morgan fingerprint density at radius 1 is 1.29 bits per heavy atom. The molecule has 6 heteroatoms. The van der Waals surface area contributed by atoms with Crippen LogP contribution < -0.4 is 10.1 Å². The van der Waals surface area contributed by atoms with Crippen molar-refractivity contribution in [3.05, 3.63) is 70.2 Å². The number of nitrogens with one attached hydrogen (secondary N) is 2. The number of amides is 1. The van der Waals surface area contributed by atoms with Crippen LogP contribution in [0.25, 0.3) is 27.9 Å². The number of fused-ring (bicyclic) bond motifs is 1. The van der Waals surface area contributed by atoms with E-state index in [1.165, 1.54) is 0 Å². The number of carbonyl (C=O) groups excluding carboxylic acids is 1. The Kier molecular flexibility index (Phi) is 4.81. The van der Waals surface area contributed by atoms with Gasteiger partial charge in [0.1, 0.15) is 5.75 Å². The van der Waals surface area contributed by atoms with Crippen LogP contribution in [0.4, 0.5) is 0 Å². The minimum Gasteiger partial charge on any atom is -0.495 e. The van der Waals surface area contributed by atoms with Gasteiger partial charge in [0.05, 0.1) is 29.3 Å². The van der Waals surface area contributed by atoms with Gasteiger partial charge < -0.3 is 14.9 Å². The largest absolute Gasteiger partial charge is 0.495 e. The molecule has 28 heavy (non-hydrogen) atoms. The van der Waals surface area contributed by atoms with E-state index in [0.717, 1.165) is 34.9 Å². The lowest BCUT2D eigenvalue weighted by molar-refractivity contribution is 0.0948. The lowest BCUT2D eigenvalue weighted by Crippen LogP contribution is -2.25. The second-order valence-electron chi connectivity index (χ2n) is 6.82. The summed E-state index contributed by atoms with van der Waals surface area (Å²) in [4.78, 5) is 15.9. The second-order valence-corrected chi connectivity index (χ2v) is 6.82. The van der Waals surface area contributed by atoms with Crippen LogP contribution in [0.2, 0.25) is 0 Å². The van der Waals surface area contributed by atoms with Crippen LogP contribution in [0.5, 0.6) is 5.75 Å². The smallest absolute Gasteiger partial charge is 0.255 e. The number of rotatable bonds is 6. The molecule has 4 rings (SSSR count). The molecule has 3 aromatic rings. The summed E-state index contributed by atoms with van der Waals surface area (Å²) in [5.74, 6) is 0.407. The molecule has 1 saturated carbocycles. The van der Waals surface area contributed by atoms with Gasteiger partial charge in [-0.15, -0.1) is 0 Å². The van der Waals surface area contributed by atoms with Gasteiger partial charge in [-0.25, -0.2) is 6.57 Å². The van der Waals surface area contributed by atoms with Gasteiger partial charge in [-0.1, -0.05) is 30.3 Å². The van der Waals surface area contributed by atoms with E-state index in [-0.39, 0.29) is 11.9 Å². The molecular formula is C22H20N4O2. The number of hydrogen-bond acceptors (Lipinski definition) is 3. The van der Waals surface area contributed by atoms with Gasteiger partial charge in [-0.2, -0.15) is 5.10 Å². The fourth-order valence-electron chi connectivity index (χ4n) is 3.11. The maximum Gasteiger partial charge on any atom is 0.255 e. The molecule has 6 nitrogen and oxygen atoms in total. The third-order valence-electron chi connectivity index (χ3n) is 4.75. The van der Waals surface area contributed by atoms with E-state index in [1.807, 2.05) is 42.5 Å². The number of benzene rings is 2. The maximum atomic E-state index is 12.6. The summed E-state index contributed by atoms with van der Waals surface area (Å²) in [7, 11) is 1.57. The van der Waals surface area contributed by atoms with Crippen LogP contribution in [0.3, 0.4) is 0 Å². The molecule has 1 aliphatic rings. The highest BCUT2D eigenvalue weighted by Crippen LogP contribution is 2.33. The number of aromatic nitrogens is 2. The summed E-state index contributed by atoms with van der Waals surface area (Å²) in [6.07, 6.45) is 5.91. The van der Waals surface area contributed by atoms with Crippen molar-refractivity contribution in [3.63, 3.8) is 0 Å². The van der Waals surface area contributed by atoms with Gasteiger partial charge in [0, 0.05) is 11.6 Å². The van der Waals surface area contributed by atoms with Crippen molar-refractivity contribution in [1.82, 2.24) is 15.5 Å². The highest BCUT2D eigenvalue weighted by Gasteiger charge is 2.26. The average Bonchev–Trinajstić information content (AvgIpc) is 3.43. The van der Waals surface area contributed by atoms with Crippen molar-refractivity contribution >= 4 is 29.0 Å². The molecule has 140 valence electrons. The van der Waals surface area contributed by atoms with Crippen molar-refractivity contribution in [1.29, 1.82) is 0 Å². The number of H-pyrrole nitrogens is 1. The summed E-state index contributed by atoms with van der Waals surface area (Å²) in [5, 5.41) is 11.2. The van der Waals surface area contributed by atoms with E-state index in [9.17, 15) is 4.79 Å². The van der Waals surface area contributed by atoms with Crippen molar-refractivity contribution in [3.8, 4) is 5.75 Å². The normalized spacial score (nSPS) is 13.6. The Hall–Kier alpha value is -3.59. The SMILES string of the molecule is [C-]#[N+]Cc1ccc(C=Cc2n[nH]c3ccc(C(=O)NC4CC4)c(OC)c23)cc1. The molecule has 2 aromatic carbocycles. The van der Waals surface area contributed by atoms with E-state index in [4.69, 9.17) is 11.3 Å². The second kappa shape index (κ2) is 7.57. The summed E-state index contributed by atoms with van der Waals surface area (Å²) < 4.78 is 5.59. The predicted molar refractivity (Wildman–Crippen MR) is 109 cm³/mol. The highest BCUT2D eigenvalue weighted by atomic mass is 16.5. The first-order chi connectivity index (χ1) is 13.7. The predicted octanol–water partition coefficient (Wildman–Crippen LogP) is 4.05. The van der Waals surface area contributed by atoms with E-state index in [1.54, 1.807) is 13.2 Å². The Morgan fingerprint density at radius 3 is 2.75 bits per heavy atom. The quantitative estimate of drug-likeness (QED) is 0.641. The molecule has 1 aromatic heterocycles. The van der Waals surface area contributed by atoms with Crippen LogP contribution in [0, 0.1) is 6.57 Å². The van der Waals surface area contributed by atoms with E-state index in [0.29, 0.717) is 23.6 Å². The fourth-order valence-corrected chi connectivity index (χ4v) is 3.11. The van der Waals surface area contributed by atoms with Crippen molar-refractivity contribution < 1.29 is 9.53 Å². The Balaban J connectivity index is 1.66. The third-order valence-corrected chi connectivity index (χ3v) is 4.75. The first-order valence-corrected chi connectivity index (χ1v) is 9.16. The van der Waals surface area contributed by atoms with E-state index >= 15 is 0 Å². The molecule has 1 amide bonds. The summed E-state index contributed by atoms with van der Waals surface area (Å²) in [6, 6.07) is 11.7. The first kappa shape index (κ1) is 17.8. The van der Waals surface area contributed by atoms with Gasteiger partial charge in [0.15, 0.2) is 0 Å². The fraction of sp³-hybridized carbons (Fsp3) is 0.227. The molecule has 1 aliphatic carbocycles. The zero-order valence-corrected chi connectivity index (χ0v) is 15.5. The van der Waals surface area contributed by atoms with Crippen LogP contribution in [0.1, 0.15) is 40.0 Å². The van der Waals surface area contributed by atoms with Gasteiger partial charge in [-0.05, 0) is 36.6 Å². The molecule has 1 fully saturated rings. The molecule has 2 N–H and O–H groups in total. The molecule has 0 atom stereocenters. The topological polar surface area (TPSA) is 71.4 Å². The maximum absolute atomic E-state index is 12.6. The standard InChI is InChI=1S/C22H20N4O2/c1-23-13-15-5-3-14(4-6-15)7-11-18-20-19(26-25-18)12-10-17(21(20)28-2)22(27)24-16-8-9-16/h3-7,10-12,16H,8-9,13H2,2H3,(H,24,27)(H,25,26). The van der Waals surface area contributed by atoms with Crippen LogP contribution in [-0.2, 0) is 6.54 Å².